The monoisotopic (exact) mass is 283 g/mol. The van der Waals surface area contributed by atoms with Crippen LogP contribution in [0.1, 0.15) is 27.2 Å². The second kappa shape index (κ2) is 6.47. The zero-order valence-corrected chi connectivity index (χ0v) is 12.0. The molecule has 112 valence electrons. The molecule has 0 radical (unpaired) electrons. The standard InChI is InChI=1S/C12H21N5O3/c1-9(2)4-12(3,8-13)15-11(18)7-16-6-10(5-14-16)17(19)20/h5-6,9H,4,7-8,13H2,1-3H3,(H,15,18). The number of nitrogens with one attached hydrogen (secondary N) is 1. The molecule has 0 saturated heterocycles. The van der Waals surface area contributed by atoms with Gasteiger partial charge < -0.3 is 11.1 Å². The number of nitro groups is 1. The van der Waals surface area contributed by atoms with Crippen LogP contribution < -0.4 is 11.1 Å². The average molecular weight is 283 g/mol. The van der Waals surface area contributed by atoms with Gasteiger partial charge in [-0.3, -0.25) is 19.6 Å². The molecule has 0 aliphatic carbocycles. The smallest absolute Gasteiger partial charge is 0.307 e. The number of hydrogen-bond donors (Lipinski definition) is 2. The summed E-state index contributed by atoms with van der Waals surface area (Å²) in [6, 6.07) is 0. The van der Waals surface area contributed by atoms with Gasteiger partial charge in [0.15, 0.2) is 0 Å². The van der Waals surface area contributed by atoms with E-state index in [1.165, 1.54) is 10.9 Å². The summed E-state index contributed by atoms with van der Waals surface area (Å²) in [7, 11) is 0. The molecule has 8 heteroatoms. The molecule has 8 nitrogen and oxygen atoms in total. The Balaban J connectivity index is 2.63. The minimum absolute atomic E-state index is 0.0679. The largest absolute Gasteiger partial charge is 0.348 e. The van der Waals surface area contributed by atoms with Crippen molar-refractivity contribution in [3.63, 3.8) is 0 Å². The lowest BCUT2D eigenvalue weighted by Gasteiger charge is -2.31. The van der Waals surface area contributed by atoms with E-state index in [-0.39, 0.29) is 18.1 Å². The number of carbonyl (C=O) groups excluding carboxylic acids is 1. The normalized spacial score (nSPS) is 14.1. The van der Waals surface area contributed by atoms with Gasteiger partial charge in [-0.05, 0) is 19.3 Å². The summed E-state index contributed by atoms with van der Waals surface area (Å²) in [4.78, 5) is 21.9. The molecular weight excluding hydrogens is 262 g/mol. The Morgan fingerprint density at radius 3 is 2.75 bits per heavy atom. The van der Waals surface area contributed by atoms with Crippen LogP contribution in [0.15, 0.2) is 12.4 Å². The van der Waals surface area contributed by atoms with Crippen molar-refractivity contribution in [3.8, 4) is 0 Å². The highest BCUT2D eigenvalue weighted by Crippen LogP contribution is 2.15. The minimum Gasteiger partial charge on any atom is -0.348 e. The van der Waals surface area contributed by atoms with E-state index in [0.29, 0.717) is 12.5 Å². The molecule has 1 unspecified atom stereocenters. The summed E-state index contributed by atoms with van der Waals surface area (Å²) < 4.78 is 1.24. The van der Waals surface area contributed by atoms with Crippen LogP contribution in [0.5, 0.6) is 0 Å². The molecule has 20 heavy (non-hydrogen) atoms. The summed E-state index contributed by atoms with van der Waals surface area (Å²) in [6.45, 7) is 6.25. The van der Waals surface area contributed by atoms with Crippen LogP contribution in [0.25, 0.3) is 0 Å². The zero-order chi connectivity index (χ0) is 15.3. The first-order chi connectivity index (χ1) is 9.25. The summed E-state index contributed by atoms with van der Waals surface area (Å²) >= 11 is 0. The quantitative estimate of drug-likeness (QED) is 0.563. The predicted octanol–water partition coefficient (Wildman–Crippen LogP) is 0.671. The van der Waals surface area contributed by atoms with Crippen molar-refractivity contribution in [2.75, 3.05) is 6.54 Å². The van der Waals surface area contributed by atoms with Crippen molar-refractivity contribution < 1.29 is 9.72 Å². The first kappa shape index (κ1) is 16.1. The fraction of sp³-hybridized carbons (Fsp3) is 0.667. The van der Waals surface area contributed by atoms with E-state index in [4.69, 9.17) is 5.73 Å². The number of hydrogen-bond acceptors (Lipinski definition) is 5. The third-order valence-corrected chi connectivity index (χ3v) is 2.89. The number of rotatable bonds is 7. The number of aromatic nitrogens is 2. The molecule has 1 aromatic heterocycles. The van der Waals surface area contributed by atoms with Crippen molar-refractivity contribution in [2.24, 2.45) is 11.7 Å². The van der Waals surface area contributed by atoms with Gasteiger partial charge in [0.25, 0.3) is 0 Å². The summed E-state index contributed by atoms with van der Waals surface area (Å²) in [5, 5.41) is 17.2. The van der Waals surface area contributed by atoms with Crippen LogP contribution in [0.4, 0.5) is 5.69 Å². The van der Waals surface area contributed by atoms with Crippen LogP contribution in [0.3, 0.4) is 0 Å². The molecule has 1 atom stereocenters. The highest BCUT2D eigenvalue weighted by molar-refractivity contribution is 5.76. The molecule has 0 fully saturated rings. The van der Waals surface area contributed by atoms with Gasteiger partial charge in [0.05, 0.1) is 4.92 Å². The maximum atomic E-state index is 12.0. The van der Waals surface area contributed by atoms with Crippen LogP contribution in [0.2, 0.25) is 0 Å². The van der Waals surface area contributed by atoms with Gasteiger partial charge in [-0.2, -0.15) is 5.10 Å². The Morgan fingerprint density at radius 1 is 1.65 bits per heavy atom. The van der Waals surface area contributed by atoms with Crippen molar-refractivity contribution >= 4 is 11.6 Å². The van der Waals surface area contributed by atoms with Crippen LogP contribution in [-0.4, -0.2) is 32.7 Å². The van der Waals surface area contributed by atoms with E-state index in [1.54, 1.807) is 0 Å². The third-order valence-electron chi connectivity index (χ3n) is 2.89. The molecule has 0 aromatic carbocycles. The molecule has 1 aromatic rings. The van der Waals surface area contributed by atoms with Gasteiger partial charge in [0, 0.05) is 12.1 Å². The Bertz CT molecular complexity index is 485. The van der Waals surface area contributed by atoms with E-state index >= 15 is 0 Å². The lowest BCUT2D eigenvalue weighted by Crippen LogP contribution is -2.53. The Hall–Kier alpha value is -1.96. The van der Waals surface area contributed by atoms with Gasteiger partial charge in [0.1, 0.15) is 18.9 Å². The van der Waals surface area contributed by atoms with E-state index in [1.807, 2.05) is 6.92 Å². The summed E-state index contributed by atoms with van der Waals surface area (Å²) in [6.07, 6.45) is 3.10. The van der Waals surface area contributed by atoms with Crippen molar-refractivity contribution in [2.45, 2.75) is 39.3 Å². The van der Waals surface area contributed by atoms with E-state index in [9.17, 15) is 14.9 Å². The second-order valence-corrected chi connectivity index (χ2v) is 5.56. The van der Waals surface area contributed by atoms with Gasteiger partial charge in [-0.15, -0.1) is 0 Å². The highest BCUT2D eigenvalue weighted by atomic mass is 16.6. The molecule has 0 spiro atoms. The topological polar surface area (TPSA) is 116 Å². The number of carbonyl (C=O) groups is 1. The van der Waals surface area contributed by atoms with E-state index in [0.717, 1.165) is 12.6 Å². The van der Waals surface area contributed by atoms with Crippen molar-refractivity contribution in [3.05, 3.63) is 22.5 Å². The Kier molecular flexibility index (Phi) is 5.20. The fourth-order valence-electron chi connectivity index (χ4n) is 2.14. The molecule has 0 saturated carbocycles. The van der Waals surface area contributed by atoms with Crippen molar-refractivity contribution in [1.29, 1.82) is 0 Å². The van der Waals surface area contributed by atoms with Crippen LogP contribution in [-0.2, 0) is 11.3 Å². The highest BCUT2D eigenvalue weighted by Gasteiger charge is 2.26. The second-order valence-electron chi connectivity index (χ2n) is 5.56. The SMILES string of the molecule is CC(C)CC(C)(CN)NC(=O)Cn1cc([N+](=O)[O-])cn1. The maximum absolute atomic E-state index is 12.0. The summed E-state index contributed by atoms with van der Waals surface area (Å²) in [5.74, 6) is 0.131. The molecule has 1 rings (SSSR count). The lowest BCUT2D eigenvalue weighted by atomic mass is 9.91. The third kappa shape index (κ3) is 4.61. The molecule has 1 amide bonds. The molecule has 0 bridgehead atoms. The number of amides is 1. The minimum atomic E-state index is -0.551. The van der Waals surface area contributed by atoms with Gasteiger partial charge in [-0.1, -0.05) is 13.8 Å². The summed E-state index contributed by atoms with van der Waals surface area (Å²) in [5.41, 5.74) is 5.10. The van der Waals surface area contributed by atoms with E-state index in [2.05, 4.69) is 24.3 Å². The van der Waals surface area contributed by atoms with Crippen LogP contribution >= 0.6 is 0 Å². The van der Waals surface area contributed by atoms with Gasteiger partial charge in [-0.25, -0.2) is 0 Å². The Morgan fingerprint density at radius 2 is 2.30 bits per heavy atom. The number of nitrogens with two attached hydrogens (primary N) is 1. The van der Waals surface area contributed by atoms with Crippen molar-refractivity contribution in [1.82, 2.24) is 15.1 Å². The molecule has 3 N–H and O–H groups in total. The molecule has 0 aliphatic heterocycles. The maximum Gasteiger partial charge on any atom is 0.307 e. The molecular formula is C12H21N5O3. The Labute approximate surface area is 117 Å². The molecule has 1 heterocycles. The fourth-order valence-corrected chi connectivity index (χ4v) is 2.14. The first-order valence-electron chi connectivity index (χ1n) is 6.43. The lowest BCUT2D eigenvalue weighted by molar-refractivity contribution is -0.385. The predicted molar refractivity (Wildman–Crippen MR) is 73.9 cm³/mol. The van der Waals surface area contributed by atoms with E-state index < -0.39 is 10.5 Å². The zero-order valence-electron chi connectivity index (χ0n) is 12.0. The average Bonchev–Trinajstić information content (AvgIpc) is 2.76. The van der Waals surface area contributed by atoms with Gasteiger partial charge in [0.2, 0.25) is 5.91 Å². The first-order valence-corrected chi connectivity index (χ1v) is 6.43. The molecule has 0 aliphatic rings. The van der Waals surface area contributed by atoms with Crippen LogP contribution in [0, 0.1) is 16.0 Å². The number of nitrogens with zero attached hydrogens (tertiary/aromatic N) is 3. The van der Waals surface area contributed by atoms with Gasteiger partial charge >= 0.3 is 5.69 Å².